The third kappa shape index (κ3) is 2.84. The van der Waals surface area contributed by atoms with Crippen LogP contribution in [-0.4, -0.2) is 45.3 Å². The van der Waals surface area contributed by atoms with Crippen LogP contribution in [-0.2, 0) is 0 Å². The van der Waals surface area contributed by atoms with Crippen LogP contribution < -0.4 is 0 Å². The van der Waals surface area contributed by atoms with Gasteiger partial charge in [-0.25, -0.2) is 4.98 Å². The topological polar surface area (TPSA) is 37.6 Å². The Kier molecular flexibility index (Phi) is 4.38. The number of fused-ring (bicyclic) bond motifs is 1. The minimum absolute atomic E-state index is 0.0598. The number of aryl methyl sites for hydroxylation is 1. The van der Waals surface area contributed by atoms with Crippen LogP contribution in [0.1, 0.15) is 28.9 Å². The molecule has 2 aromatic heterocycles. The summed E-state index contributed by atoms with van der Waals surface area (Å²) in [5.41, 5.74) is 1.35. The molecule has 0 aliphatic carbocycles. The summed E-state index contributed by atoms with van der Waals surface area (Å²) >= 11 is 1.79. The Morgan fingerprint density at radius 2 is 2.32 bits per heavy atom. The second kappa shape index (κ2) is 6.28. The van der Waals surface area contributed by atoms with Gasteiger partial charge in [-0.1, -0.05) is 6.07 Å². The lowest BCUT2D eigenvalue weighted by molar-refractivity contribution is 0.0674. The molecule has 1 aliphatic rings. The summed E-state index contributed by atoms with van der Waals surface area (Å²) in [6.07, 6.45) is 5.86. The Hall–Kier alpha value is -1.56. The monoisotopic (exact) mass is 321 g/mol. The van der Waals surface area contributed by atoms with E-state index in [4.69, 9.17) is 0 Å². The second-order valence-electron chi connectivity index (χ2n) is 5.90. The Bertz CT molecular complexity index is 698. The van der Waals surface area contributed by atoms with Crippen molar-refractivity contribution < 1.29 is 9.18 Å². The number of aromatic nitrogens is 2. The number of carbonyl (C=O) groups is 1. The first-order valence-electron chi connectivity index (χ1n) is 7.52. The van der Waals surface area contributed by atoms with Crippen molar-refractivity contribution in [2.45, 2.75) is 19.8 Å². The van der Waals surface area contributed by atoms with Crippen LogP contribution in [0, 0.1) is 18.8 Å². The van der Waals surface area contributed by atoms with Gasteiger partial charge in [0.05, 0.1) is 0 Å². The fourth-order valence-corrected chi connectivity index (χ4v) is 3.77. The number of hydrogen-bond acceptors (Lipinski definition) is 3. The highest BCUT2D eigenvalue weighted by molar-refractivity contribution is 7.98. The Labute approximate surface area is 133 Å². The van der Waals surface area contributed by atoms with Crippen molar-refractivity contribution >= 4 is 23.3 Å². The van der Waals surface area contributed by atoms with E-state index < -0.39 is 5.95 Å². The van der Waals surface area contributed by atoms with Gasteiger partial charge in [-0.15, -0.1) is 0 Å². The summed E-state index contributed by atoms with van der Waals surface area (Å²) in [5.74, 6) is 0.687. The molecule has 0 unspecified atom stereocenters. The van der Waals surface area contributed by atoms with Gasteiger partial charge in [0.25, 0.3) is 5.91 Å². The molecule has 0 bridgehead atoms. The summed E-state index contributed by atoms with van der Waals surface area (Å²) in [6.45, 7) is 3.28. The molecule has 0 radical (unpaired) electrons. The molecule has 1 saturated heterocycles. The van der Waals surface area contributed by atoms with E-state index in [-0.39, 0.29) is 11.6 Å². The Morgan fingerprint density at radius 3 is 3.09 bits per heavy atom. The van der Waals surface area contributed by atoms with Gasteiger partial charge in [0.15, 0.2) is 5.69 Å². The molecular formula is C16H20FN3OS. The molecule has 3 heterocycles. The zero-order valence-corrected chi connectivity index (χ0v) is 13.7. The number of nitrogens with zero attached hydrogens (tertiary/aromatic N) is 3. The molecule has 2 aromatic rings. The molecule has 0 saturated carbocycles. The molecule has 4 nitrogen and oxygen atoms in total. The smallest absolute Gasteiger partial charge is 0.277 e. The first kappa shape index (κ1) is 15.3. The SMILES string of the molecule is CSC[C@@H]1CCCN(C(=O)c2nc3ccc(C)cn3c2F)C1. The number of hydrogen-bond donors (Lipinski definition) is 0. The van der Waals surface area contributed by atoms with Crippen molar-refractivity contribution in [3.8, 4) is 0 Å². The lowest BCUT2D eigenvalue weighted by Crippen LogP contribution is -2.41. The van der Waals surface area contributed by atoms with Crippen molar-refractivity contribution in [2.75, 3.05) is 25.1 Å². The highest BCUT2D eigenvalue weighted by atomic mass is 32.2. The molecule has 1 fully saturated rings. The fourth-order valence-electron chi connectivity index (χ4n) is 3.03. The largest absolute Gasteiger partial charge is 0.337 e. The number of piperidine rings is 1. The molecule has 1 aliphatic heterocycles. The predicted molar refractivity (Wildman–Crippen MR) is 86.9 cm³/mol. The van der Waals surface area contributed by atoms with Gasteiger partial charge in [0, 0.05) is 19.3 Å². The highest BCUT2D eigenvalue weighted by Gasteiger charge is 2.28. The quantitative estimate of drug-likeness (QED) is 0.872. The fraction of sp³-hybridized carbons (Fsp3) is 0.500. The van der Waals surface area contributed by atoms with Crippen molar-refractivity contribution in [1.29, 1.82) is 0 Å². The van der Waals surface area contributed by atoms with Crippen LogP contribution in [0.15, 0.2) is 18.3 Å². The zero-order valence-electron chi connectivity index (χ0n) is 12.9. The molecule has 6 heteroatoms. The van der Waals surface area contributed by atoms with Crippen LogP contribution in [0.3, 0.4) is 0 Å². The molecule has 3 rings (SSSR count). The number of amides is 1. The van der Waals surface area contributed by atoms with Gasteiger partial charge >= 0.3 is 0 Å². The number of pyridine rings is 1. The van der Waals surface area contributed by atoms with Crippen LogP contribution in [0.5, 0.6) is 0 Å². The molecule has 0 aromatic carbocycles. The number of rotatable bonds is 3. The molecular weight excluding hydrogens is 301 g/mol. The summed E-state index contributed by atoms with van der Waals surface area (Å²) in [7, 11) is 0. The van der Waals surface area contributed by atoms with Crippen LogP contribution in [0.4, 0.5) is 4.39 Å². The maximum Gasteiger partial charge on any atom is 0.277 e. The van der Waals surface area contributed by atoms with Crippen LogP contribution in [0.25, 0.3) is 5.65 Å². The van der Waals surface area contributed by atoms with Gasteiger partial charge in [-0.2, -0.15) is 16.2 Å². The standard InChI is InChI=1S/C16H20FN3OS/c1-11-5-6-13-18-14(15(17)20(13)8-11)16(21)19-7-3-4-12(9-19)10-22-2/h5-6,8,12H,3-4,7,9-10H2,1-2H3/t12-/m1/s1. The minimum Gasteiger partial charge on any atom is -0.337 e. The van der Waals surface area contributed by atoms with Crippen molar-refractivity contribution in [3.63, 3.8) is 0 Å². The molecule has 1 amide bonds. The maximum absolute atomic E-state index is 14.5. The number of thioether (sulfide) groups is 1. The number of likely N-dealkylation sites (tertiary alicyclic amines) is 1. The molecule has 0 spiro atoms. The van der Waals surface area contributed by atoms with Gasteiger partial charge in [0.1, 0.15) is 5.65 Å². The summed E-state index contributed by atoms with van der Waals surface area (Å²) in [6, 6.07) is 3.60. The molecule has 1 atom stereocenters. The maximum atomic E-state index is 14.5. The number of halogens is 1. The summed E-state index contributed by atoms with van der Waals surface area (Å²) in [5, 5.41) is 0. The van der Waals surface area contributed by atoms with Gasteiger partial charge in [0.2, 0.25) is 5.95 Å². The van der Waals surface area contributed by atoms with E-state index in [1.54, 1.807) is 28.9 Å². The second-order valence-corrected chi connectivity index (χ2v) is 6.81. The zero-order chi connectivity index (χ0) is 15.7. The lowest BCUT2D eigenvalue weighted by atomic mass is 10.00. The first-order valence-corrected chi connectivity index (χ1v) is 8.92. The summed E-state index contributed by atoms with van der Waals surface area (Å²) < 4.78 is 15.9. The normalized spacial score (nSPS) is 18.9. The molecule has 0 N–H and O–H groups in total. The Morgan fingerprint density at radius 1 is 1.50 bits per heavy atom. The van der Waals surface area contributed by atoms with E-state index in [2.05, 4.69) is 11.2 Å². The van der Waals surface area contributed by atoms with E-state index in [0.717, 1.165) is 24.2 Å². The van der Waals surface area contributed by atoms with Crippen LogP contribution >= 0.6 is 11.8 Å². The third-order valence-electron chi connectivity index (χ3n) is 4.12. The Balaban J connectivity index is 1.87. The highest BCUT2D eigenvalue weighted by Crippen LogP contribution is 2.22. The van der Waals surface area contributed by atoms with E-state index in [1.807, 2.05) is 13.0 Å². The lowest BCUT2D eigenvalue weighted by Gasteiger charge is -2.32. The number of carbonyl (C=O) groups excluding carboxylic acids is 1. The molecule has 22 heavy (non-hydrogen) atoms. The minimum atomic E-state index is -0.560. The number of imidazole rings is 1. The van der Waals surface area contributed by atoms with E-state index in [1.165, 1.54) is 4.40 Å². The van der Waals surface area contributed by atoms with Crippen molar-refractivity contribution in [3.05, 3.63) is 35.5 Å². The predicted octanol–water partition coefficient (Wildman–Crippen LogP) is 3.00. The van der Waals surface area contributed by atoms with Crippen molar-refractivity contribution in [1.82, 2.24) is 14.3 Å². The first-order chi connectivity index (χ1) is 10.6. The van der Waals surface area contributed by atoms with E-state index in [9.17, 15) is 9.18 Å². The van der Waals surface area contributed by atoms with Crippen molar-refractivity contribution in [2.24, 2.45) is 5.92 Å². The molecule has 118 valence electrons. The van der Waals surface area contributed by atoms with Gasteiger partial charge in [-0.3, -0.25) is 9.20 Å². The summed E-state index contributed by atoms with van der Waals surface area (Å²) in [4.78, 5) is 18.6. The average Bonchev–Trinajstić information content (AvgIpc) is 2.84. The van der Waals surface area contributed by atoms with E-state index >= 15 is 0 Å². The van der Waals surface area contributed by atoms with Gasteiger partial charge in [-0.05, 0) is 49.3 Å². The third-order valence-corrected chi connectivity index (χ3v) is 4.92. The average molecular weight is 321 g/mol. The van der Waals surface area contributed by atoms with Gasteiger partial charge < -0.3 is 4.90 Å². The van der Waals surface area contributed by atoms with Crippen LogP contribution in [0.2, 0.25) is 0 Å². The van der Waals surface area contributed by atoms with E-state index in [0.29, 0.717) is 24.7 Å².